The number of nitrogens with one attached hydrogen (secondary N) is 1. The highest BCUT2D eigenvalue weighted by atomic mass is 16.6. The normalized spacial score (nSPS) is 17.3. The number of amides is 3. The van der Waals surface area contributed by atoms with Crippen molar-refractivity contribution >= 4 is 17.6 Å². The third-order valence-corrected chi connectivity index (χ3v) is 8.07. The van der Waals surface area contributed by atoms with Crippen molar-refractivity contribution in [2.24, 2.45) is 0 Å². The molecule has 1 aliphatic heterocycles. The predicted molar refractivity (Wildman–Crippen MR) is 153 cm³/mol. The topological polar surface area (TPSA) is 119 Å². The van der Waals surface area contributed by atoms with Gasteiger partial charge in [-0.05, 0) is 30.4 Å². The fourth-order valence-corrected chi connectivity index (χ4v) is 5.75. The number of non-ortho nitro benzene ring substituents is 1. The molecule has 2 aromatic carbocycles. The van der Waals surface area contributed by atoms with Crippen LogP contribution in [0, 0.1) is 10.1 Å². The average Bonchev–Trinajstić information content (AvgIpc) is 3.00. The van der Waals surface area contributed by atoms with E-state index in [1.54, 1.807) is 12.1 Å². The molecule has 1 saturated heterocycles. The first-order valence-corrected chi connectivity index (χ1v) is 14.4. The molecule has 1 unspecified atom stereocenters. The first-order chi connectivity index (χ1) is 19.4. The highest BCUT2D eigenvalue weighted by molar-refractivity contribution is 5.87. The maximum absolute atomic E-state index is 13.8. The highest BCUT2D eigenvalue weighted by Crippen LogP contribution is 2.24. The van der Waals surface area contributed by atoms with Gasteiger partial charge in [0.25, 0.3) is 5.69 Å². The smallest absolute Gasteiger partial charge is 0.318 e. The van der Waals surface area contributed by atoms with Gasteiger partial charge in [-0.1, -0.05) is 61.7 Å². The van der Waals surface area contributed by atoms with Crippen LogP contribution in [0.1, 0.15) is 43.2 Å². The number of hydrogen-bond acceptors (Lipinski definition) is 6. The Labute approximate surface area is 236 Å². The fraction of sp³-hybridized carbons (Fsp3) is 0.533. The van der Waals surface area contributed by atoms with Gasteiger partial charge in [0, 0.05) is 63.9 Å². The molecule has 2 aliphatic rings. The SMILES string of the molecule is O=C(NC(Cc1ccc([N+](=O)[O-])cc1)C(=O)N1CCN(C2CCCCC2)CC1)N(CCO)CCc1ccccc1. The summed E-state index contributed by atoms with van der Waals surface area (Å²) in [6.07, 6.45) is 7.11. The summed E-state index contributed by atoms with van der Waals surface area (Å²) in [6.45, 7) is 3.22. The molecular weight excluding hydrogens is 510 g/mol. The molecule has 2 N–H and O–H groups in total. The minimum atomic E-state index is -0.826. The van der Waals surface area contributed by atoms with Crippen molar-refractivity contribution in [2.45, 2.75) is 57.0 Å². The summed E-state index contributed by atoms with van der Waals surface area (Å²) in [5.74, 6) is -0.151. The maximum Gasteiger partial charge on any atom is 0.318 e. The number of hydrogen-bond donors (Lipinski definition) is 2. The van der Waals surface area contributed by atoms with Crippen LogP contribution >= 0.6 is 0 Å². The first-order valence-electron chi connectivity index (χ1n) is 14.4. The Hall–Kier alpha value is -3.50. The second-order valence-electron chi connectivity index (χ2n) is 10.7. The molecule has 40 heavy (non-hydrogen) atoms. The van der Waals surface area contributed by atoms with Crippen LogP contribution in [0.4, 0.5) is 10.5 Å². The van der Waals surface area contributed by atoms with Crippen molar-refractivity contribution in [3.8, 4) is 0 Å². The third-order valence-electron chi connectivity index (χ3n) is 8.07. The van der Waals surface area contributed by atoms with Crippen LogP contribution in [0.2, 0.25) is 0 Å². The molecule has 4 rings (SSSR count). The van der Waals surface area contributed by atoms with E-state index in [4.69, 9.17) is 0 Å². The Morgan fingerprint density at radius 3 is 2.25 bits per heavy atom. The lowest BCUT2D eigenvalue weighted by Crippen LogP contribution is -2.58. The number of aliphatic hydroxyl groups excluding tert-OH is 1. The zero-order valence-electron chi connectivity index (χ0n) is 23.1. The van der Waals surface area contributed by atoms with Crippen molar-refractivity contribution in [3.05, 3.63) is 75.8 Å². The predicted octanol–water partition coefficient (Wildman–Crippen LogP) is 3.23. The van der Waals surface area contributed by atoms with E-state index in [2.05, 4.69) is 10.2 Å². The number of carbonyl (C=O) groups is 2. The molecule has 1 heterocycles. The van der Waals surface area contributed by atoms with Crippen molar-refractivity contribution in [1.29, 1.82) is 0 Å². The molecule has 0 aromatic heterocycles. The molecule has 2 fully saturated rings. The first kappa shape index (κ1) is 29.5. The van der Waals surface area contributed by atoms with E-state index in [0.717, 1.165) is 24.2 Å². The minimum Gasteiger partial charge on any atom is -0.395 e. The van der Waals surface area contributed by atoms with Gasteiger partial charge in [0.05, 0.1) is 11.5 Å². The second-order valence-corrected chi connectivity index (χ2v) is 10.7. The summed E-state index contributed by atoms with van der Waals surface area (Å²) in [7, 11) is 0. The molecule has 10 heteroatoms. The highest BCUT2D eigenvalue weighted by Gasteiger charge is 2.32. The molecule has 0 spiro atoms. The van der Waals surface area contributed by atoms with Gasteiger partial charge in [0.15, 0.2) is 0 Å². The van der Waals surface area contributed by atoms with Crippen LogP contribution in [0.15, 0.2) is 54.6 Å². The largest absolute Gasteiger partial charge is 0.395 e. The van der Waals surface area contributed by atoms with E-state index < -0.39 is 17.0 Å². The lowest BCUT2D eigenvalue weighted by atomic mass is 9.94. The van der Waals surface area contributed by atoms with Gasteiger partial charge < -0.3 is 20.2 Å². The number of rotatable bonds is 11. The number of nitrogens with zero attached hydrogens (tertiary/aromatic N) is 4. The van der Waals surface area contributed by atoms with E-state index in [-0.39, 0.29) is 31.2 Å². The fourth-order valence-electron chi connectivity index (χ4n) is 5.75. The average molecular weight is 552 g/mol. The number of nitro groups is 1. The summed E-state index contributed by atoms with van der Waals surface area (Å²) >= 11 is 0. The zero-order valence-corrected chi connectivity index (χ0v) is 23.1. The maximum atomic E-state index is 13.8. The quantitative estimate of drug-likeness (QED) is 0.327. The lowest BCUT2D eigenvalue weighted by Gasteiger charge is -2.41. The van der Waals surface area contributed by atoms with E-state index in [0.29, 0.717) is 32.1 Å². The van der Waals surface area contributed by atoms with Gasteiger partial charge in [-0.2, -0.15) is 0 Å². The Morgan fingerprint density at radius 1 is 0.950 bits per heavy atom. The molecule has 1 aliphatic carbocycles. The monoisotopic (exact) mass is 551 g/mol. The Kier molecular flexibility index (Phi) is 10.9. The molecule has 0 radical (unpaired) electrons. The molecule has 216 valence electrons. The van der Waals surface area contributed by atoms with Gasteiger partial charge in [-0.15, -0.1) is 0 Å². The molecule has 10 nitrogen and oxygen atoms in total. The van der Waals surface area contributed by atoms with E-state index in [9.17, 15) is 24.8 Å². The number of carbonyl (C=O) groups excluding carboxylic acids is 2. The molecule has 2 aromatic rings. The number of nitro benzene ring substituents is 1. The molecule has 1 saturated carbocycles. The molecule has 1 atom stereocenters. The Bertz CT molecular complexity index is 1100. The molecule has 3 amide bonds. The molecule has 0 bridgehead atoms. The molecular formula is C30H41N5O5. The number of piperazine rings is 1. The van der Waals surface area contributed by atoms with Crippen molar-refractivity contribution in [1.82, 2.24) is 20.0 Å². The van der Waals surface area contributed by atoms with Gasteiger partial charge in [0.1, 0.15) is 6.04 Å². The van der Waals surface area contributed by atoms with Gasteiger partial charge in [-0.25, -0.2) is 4.79 Å². The number of aliphatic hydroxyl groups is 1. The van der Waals surface area contributed by atoms with Gasteiger partial charge in [0.2, 0.25) is 5.91 Å². The summed E-state index contributed by atoms with van der Waals surface area (Å²) in [5.41, 5.74) is 1.78. The van der Waals surface area contributed by atoms with Gasteiger partial charge in [-0.3, -0.25) is 19.8 Å². The Balaban J connectivity index is 1.44. The van der Waals surface area contributed by atoms with Gasteiger partial charge >= 0.3 is 6.03 Å². The van der Waals surface area contributed by atoms with Crippen LogP contribution < -0.4 is 5.32 Å². The van der Waals surface area contributed by atoms with Crippen LogP contribution in [-0.2, 0) is 17.6 Å². The summed E-state index contributed by atoms with van der Waals surface area (Å²) in [6, 6.07) is 15.3. The van der Waals surface area contributed by atoms with Crippen LogP contribution in [0.25, 0.3) is 0 Å². The van der Waals surface area contributed by atoms with Crippen molar-refractivity contribution < 1.29 is 19.6 Å². The summed E-state index contributed by atoms with van der Waals surface area (Å²) in [5, 5.41) is 23.6. The van der Waals surface area contributed by atoms with E-state index in [1.807, 2.05) is 35.2 Å². The van der Waals surface area contributed by atoms with Crippen molar-refractivity contribution in [3.63, 3.8) is 0 Å². The van der Waals surface area contributed by atoms with E-state index >= 15 is 0 Å². The van der Waals surface area contributed by atoms with Crippen LogP contribution in [-0.4, -0.2) is 94.6 Å². The van der Waals surface area contributed by atoms with Crippen LogP contribution in [0.3, 0.4) is 0 Å². The minimum absolute atomic E-state index is 0.0236. The second kappa shape index (κ2) is 14.8. The number of benzene rings is 2. The standard InChI is InChI=1S/C30H41N5O5/c36-22-21-34(16-15-24-7-3-1-4-8-24)30(38)31-28(23-25-11-13-27(14-12-25)35(39)40)29(37)33-19-17-32(18-20-33)26-9-5-2-6-10-26/h1,3-4,7-8,11-14,26,28,36H,2,5-6,9-10,15-23H2,(H,31,38). The Morgan fingerprint density at radius 2 is 1.62 bits per heavy atom. The van der Waals surface area contributed by atoms with Crippen molar-refractivity contribution in [2.75, 3.05) is 45.9 Å². The third kappa shape index (κ3) is 8.25. The van der Waals surface area contributed by atoms with Crippen LogP contribution in [0.5, 0.6) is 0 Å². The number of urea groups is 1. The zero-order chi connectivity index (χ0) is 28.3. The summed E-state index contributed by atoms with van der Waals surface area (Å²) in [4.78, 5) is 43.6. The van der Waals surface area contributed by atoms with E-state index in [1.165, 1.54) is 49.1 Å². The summed E-state index contributed by atoms with van der Waals surface area (Å²) < 4.78 is 0. The lowest BCUT2D eigenvalue weighted by molar-refractivity contribution is -0.384.